The van der Waals surface area contributed by atoms with Gasteiger partial charge >= 0.3 is 6.09 Å². The lowest BCUT2D eigenvalue weighted by molar-refractivity contribution is -0.172. The smallest absolute Gasteiger partial charge is 0.407 e. The summed E-state index contributed by atoms with van der Waals surface area (Å²) < 4.78 is 24.0. The Bertz CT molecular complexity index is 619. The molecule has 2 aliphatic carbocycles. The average Bonchev–Trinajstić information content (AvgIpc) is 3.44. The molecular formula is C23H40N2O5. The van der Waals surface area contributed by atoms with E-state index in [4.69, 9.17) is 24.7 Å². The minimum Gasteiger partial charge on any atom is -0.443 e. The maximum atomic E-state index is 12.6. The second-order valence-electron chi connectivity index (χ2n) is 9.97. The summed E-state index contributed by atoms with van der Waals surface area (Å²) in [6.07, 6.45) is 6.34. The second kappa shape index (κ2) is 9.55. The molecule has 1 aliphatic heterocycles. The third-order valence-corrected chi connectivity index (χ3v) is 6.95. The molecule has 0 aromatic carbocycles. The minimum absolute atomic E-state index is 0.0280. The number of alkyl carbamates (subject to hydrolysis) is 1. The number of nitrogens with two attached hydrogens (primary N) is 1. The van der Waals surface area contributed by atoms with Crippen molar-refractivity contribution in [2.75, 3.05) is 20.3 Å². The number of hydrogen-bond donors (Lipinski definition) is 2. The van der Waals surface area contributed by atoms with Crippen LogP contribution in [0.15, 0.2) is 11.6 Å². The van der Waals surface area contributed by atoms with Crippen LogP contribution in [0, 0.1) is 5.92 Å². The van der Waals surface area contributed by atoms with E-state index in [1.54, 1.807) is 7.11 Å². The highest BCUT2D eigenvalue weighted by atomic mass is 16.6. The third kappa shape index (κ3) is 5.55. The molecule has 2 saturated carbocycles. The molecule has 1 amide bonds. The van der Waals surface area contributed by atoms with E-state index in [2.05, 4.69) is 39.1 Å². The van der Waals surface area contributed by atoms with Crippen LogP contribution in [-0.4, -0.2) is 61.9 Å². The van der Waals surface area contributed by atoms with Crippen LogP contribution >= 0.6 is 0 Å². The zero-order valence-corrected chi connectivity index (χ0v) is 19.2. The third-order valence-electron chi connectivity index (χ3n) is 6.95. The van der Waals surface area contributed by atoms with Crippen molar-refractivity contribution in [1.29, 1.82) is 0 Å². The van der Waals surface area contributed by atoms with Gasteiger partial charge in [-0.05, 0) is 66.2 Å². The molecule has 1 heterocycles. The van der Waals surface area contributed by atoms with E-state index in [0.717, 1.165) is 38.5 Å². The van der Waals surface area contributed by atoms with Gasteiger partial charge in [-0.25, -0.2) is 4.79 Å². The number of amides is 1. The van der Waals surface area contributed by atoms with Gasteiger partial charge in [0.1, 0.15) is 12.2 Å². The van der Waals surface area contributed by atoms with Gasteiger partial charge in [-0.15, -0.1) is 0 Å². The molecule has 3 aliphatic rings. The first-order chi connectivity index (χ1) is 14.2. The number of carbonyl (C=O) groups excluding carboxylic acids is 1. The molecule has 1 spiro atoms. The molecule has 3 rings (SSSR count). The normalized spacial score (nSPS) is 36.3. The molecule has 30 heavy (non-hydrogen) atoms. The first-order valence-corrected chi connectivity index (χ1v) is 11.3. The molecule has 2 unspecified atom stereocenters. The van der Waals surface area contributed by atoms with Gasteiger partial charge in [0, 0.05) is 25.1 Å². The molecule has 4 atom stereocenters. The topological polar surface area (TPSA) is 95.3 Å². The Morgan fingerprint density at radius 2 is 1.90 bits per heavy atom. The number of carbonyl (C=O) groups is 1. The average molecular weight is 425 g/mol. The fraction of sp³-hybridized carbons (Fsp3) is 0.870. The van der Waals surface area contributed by atoms with Crippen molar-refractivity contribution in [1.82, 2.24) is 5.32 Å². The van der Waals surface area contributed by atoms with Gasteiger partial charge in [0.2, 0.25) is 0 Å². The standard InChI is InChI=1S/C23H40N2O5/c1-15(2)11-13-28-22(3,4)20-19(27-5)18(10-12-23(20)14-29-23)30-21(26)25-17-8-6-16(24)7-9-17/h11,16-20H,6-10,12-14,24H2,1-5H3,(H,25,26)/t16?,17?,18?,19-,20?,23-/m0/s1. The van der Waals surface area contributed by atoms with E-state index >= 15 is 0 Å². The van der Waals surface area contributed by atoms with Crippen molar-refractivity contribution in [3.8, 4) is 0 Å². The van der Waals surface area contributed by atoms with Crippen LogP contribution in [-0.2, 0) is 18.9 Å². The first-order valence-electron chi connectivity index (χ1n) is 11.3. The van der Waals surface area contributed by atoms with Gasteiger partial charge in [0.05, 0.1) is 24.4 Å². The lowest BCUT2D eigenvalue weighted by Crippen LogP contribution is -2.59. The summed E-state index contributed by atoms with van der Waals surface area (Å²) in [6.45, 7) is 9.52. The summed E-state index contributed by atoms with van der Waals surface area (Å²) in [5.74, 6) is -0.0280. The molecule has 7 heteroatoms. The molecule has 0 aromatic heterocycles. The van der Waals surface area contributed by atoms with Crippen LogP contribution in [0.4, 0.5) is 4.79 Å². The zero-order valence-electron chi connectivity index (χ0n) is 19.2. The Kier molecular flexibility index (Phi) is 7.49. The number of methoxy groups -OCH3 is 1. The molecule has 3 fully saturated rings. The van der Waals surface area contributed by atoms with Crippen molar-refractivity contribution in [2.45, 2.75) is 102 Å². The molecular weight excluding hydrogens is 384 g/mol. The maximum Gasteiger partial charge on any atom is 0.407 e. The largest absolute Gasteiger partial charge is 0.443 e. The Morgan fingerprint density at radius 1 is 1.23 bits per heavy atom. The van der Waals surface area contributed by atoms with Crippen LogP contribution in [0.1, 0.15) is 66.2 Å². The molecule has 0 bridgehead atoms. The van der Waals surface area contributed by atoms with E-state index in [0.29, 0.717) is 13.2 Å². The summed E-state index contributed by atoms with van der Waals surface area (Å²) >= 11 is 0. The highest BCUT2D eigenvalue weighted by Crippen LogP contribution is 2.52. The molecule has 0 aromatic rings. The van der Waals surface area contributed by atoms with Gasteiger partial charge in [0.15, 0.2) is 0 Å². The number of nitrogens with one attached hydrogen (secondary N) is 1. The second-order valence-corrected chi connectivity index (χ2v) is 9.97. The van der Waals surface area contributed by atoms with Crippen molar-refractivity contribution in [2.24, 2.45) is 11.7 Å². The van der Waals surface area contributed by atoms with Crippen LogP contribution < -0.4 is 11.1 Å². The quantitative estimate of drug-likeness (QED) is 0.481. The molecule has 172 valence electrons. The highest BCUT2D eigenvalue weighted by molar-refractivity contribution is 5.68. The number of allylic oxidation sites excluding steroid dienone is 1. The van der Waals surface area contributed by atoms with Crippen molar-refractivity contribution < 1.29 is 23.7 Å². The SMILES string of the molecule is CO[C@H]1C(OC(=O)NC2CCC(N)CC2)CC[C@]2(CO2)C1C(C)(C)OCC=C(C)C. The number of hydrogen-bond acceptors (Lipinski definition) is 6. The maximum absolute atomic E-state index is 12.6. The Labute approximate surface area is 181 Å². The highest BCUT2D eigenvalue weighted by Gasteiger charge is 2.64. The van der Waals surface area contributed by atoms with E-state index in [1.165, 1.54) is 5.57 Å². The summed E-state index contributed by atoms with van der Waals surface area (Å²) in [5.41, 5.74) is 6.45. The summed E-state index contributed by atoms with van der Waals surface area (Å²) in [4.78, 5) is 12.6. The lowest BCUT2D eigenvalue weighted by atomic mass is 9.68. The van der Waals surface area contributed by atoms with E-state index in [-0.39, 0.29) is 41.9 Å². The lowest BCUT2D eigenvalue weighted by Gasteiger charge is -2.47. The monoisotopic (exact) mass is 424 g/mol. The van der Waals surface area contributed by atoms with Crippen LogP contribution in [0.3, 0.4) is 0 Å². The van der Waals surface area contributed by atoms with E-state index < -0.39 is 5.60 Å². The first kappa shape index (κ1) is 23.5. The van der Waals surface area contributed by atoms with Crippen LogP contribution in [0.25, 0.3) is 0 Å². The van der Waals surface area contributed by atoms with Gasteiger partial charge in [-0.3, -0.25) is 0 Å². The van der Waals surface area contributed by atoms with Crippen molar-refractivity contribution in [3.63, 3.8) is 0 Å². The summed E-state index contributed by atoms with van der Waals surface area (Å²) in [7, 11) is 1.68. The van der Waals surface area contributed by atoms with E-state index in [1.807, 2.05) is 0 Å². The van der Waals surface area contributed by atoms with Crippen LogP contribution in [0.2, 0.25) is 0 Å². The van der Waals surface area contributed by atoms with Crippen molar-refractivity contribution in [3.05, 3.63) is 11.6 Å². The number of rotatable bonds is 7. The minimum atomic E-state index is -0.485. The zero-order chi connectivity index (χ0) is 21.9. The van der Waals surface area contributed by atoms with Crippen molar-refractivity contribution >= 4 is 6.09 Å². The Morgan fingerprint density at radius 3 is 2.47 bits per heavy atom. The fourth-order valence-electron chi connectivity index (χ4n) is 5.19. The van der Waals surface area contributed by atoms with Gasteiger partial charge in [0.25, 0.3) is 0 Å². The molecule has 7 nitrogen and oxygen atoms in total. The number of ether oxygens (including phenoxy) is 4. The molecule has 1 saturated heterocycles. The van der Waals surface area contributed by atoms with Gasteiger partial charge in [-0.2, -0.15) is 0 Å². The van der Waals surface area contributed by atoms with Crippen LogP contribution in [0.5, 0.6) is 0 Å². The predicted molar refractivity (Wildman–Crippen MR) is 115 cm³/mol. The fourth-order valence-corrected chi connectivity index (χ4v) is 5.19. The summed E-state index contributed by atoms with van der Waals surface area (Å²) in [5, 5.41) is 3.03. The Hall–Kier alpha value is -1.15. The molecule has 3 N–H and O–H groups in total. The molecule has 0 radical (unpaired) electrons. The number of epoxide rings is 1. The Balaban J connectivity index is 1.64. The predicted octanol–water partition coefficient (Wildman–Crippen LogP) is 3.31. The van der Waals surface area contributed by atoms with Gasteiger partial charge in [-0.1, -0.05) is 11.6 Å². The summed E-state index contributed by atoms with van der Waals surface area (Å²) in [6, 6.07) is 0.388. The van der Waals surface area contributed by atoms with E-state index in [9.17, 15) is 4.79 Å². The van der Waals surface area contributed by atoms with Gasteiger partial charge < -0.3 is 30.0 Å².